The third kappa shape index (κ3) is 3.48. The molecule has 0 nitrogen and oxygen atoms in total. The van der Waals surface area contributed by atoms with Gasteiger partial charge in [0.25, 0.3) is 0 Å². The minimum Gasteiger partial charge on any atom is -0.107 e. The molecule has 0 atom stereocenters. The van der Waals surface area contributed by atoms with Gasteiger partial charge in [0.15, 0.2) is 0 Å². The van der Waals surface area contributed by atoms with E-state index in [1.165, 1.54) is 22.3 Å². The predicted octanol–water partition coefficient (Wildman–Crippen LogP) is 5.56. The van der Waals surface area contributed by atoms with Crippen LogP contribution in [0.2, 0.25) is 0 Å². The summed E-state index contributed by atoms with van der Waals surface area (Å²) in [6, 6.07) is 29.8. The maximum Gasteiger partial charge on any atom is -0.00196 e. The fourth-order valence-electron chi connectivity index (χ4n) is 2.39. The molecule has 3 rings (SSSR count). The zero-order valence-corrected chi connectivity index (χ0v) is 13.5. The molecule has 0 aliphatic heterocycles. The minimum absolute atomic E-state index is 0. The lowest BCUT2D eigenvalue weighted by Gasteiger charge is -2.09. The summed E-state index contributed by atoms with van der Waals surface area (Å²) in [5.74, 6) is 0. The summed E-state index contributed by atoms with van der Waals surface area (Å²) in [4.78, 5) is 0. The largest absolute Gasteiger partial charge is 0.107 e. The van der Waals surface area contributed by atoms with Crippen LogP contribution < -0.4 is 0 Å². The maximum absolute atomic E-state index is 2.22. The maximum atomic E-state index is 2.22. The topological polar surface area (TPSA) is 0 Å². The fourth-order valence-corrected chi connectivity index (χ4v) is 2.39. The van der Waals surface area contributed by atoms with Gasteiger partial charge < -0.3 is 0 Å². The van der Waals surface area contributed by atoms with Crippen molar-refractivity contribution in [3.8, 4) is 11.1 Å². The molecular weight excluding hydrogens is 355 g/mol. The molecule has 0 amide bonds. The first-order valence-corrected chi connectivity index (χ1v) is 6.61. The molecule has 0 unspecified atom stereocenters. The van der Waals surface area contributed by atoms with Crippen LogP contribution in [0.25, 0.3) is 11.1 Å². The van der Waals surface area contributed by atoms with E-state index < -0.39 is 0 Å². The summed E-state index contributed by atoms with van der Waals surface area (Å²) in [5, 5.41) is 0. The van der Waals surface area contributed by atoms with Crippen LogP contribution in [0.15, 0.2) is 84.9 Å². The first-order valence-electron chi connectivity index (χ1n) is 6.61. The molecule has 0 fully saturated rings. The van der Waals surface area contributed by atoms with Crippen molar-refractivity contribution < 1.29 is 0 Å². The van der Waals surface area contributed by atoms with Crippen LogP contribution in [0.3, 0.4) is 0 Å². The predicted molar refractivity (Wildman–Crippen MR) is 96.5 cm³/mol. The lowest BCUT2D eigenvalue weighted by molar-refractivity contribution is 1.19. The van der Waals surface area contributed by atoms with Gasteiger partial charge in [0.1, 0.15) is 0 Å². The molecule has 0 aliphatic carbocycles. The van der Waals surface area contributed by atoms with Crippen molar-refractivity contribution in [3.63, 3.8) is 0 Å². The monoisotopic (exact) mass is 372 g/mol. The Morgan fingerprint density at radius 1 is 0.550 bits per heavy atom. The molecule has 0 bridgehead atoms. The van der Waals surface area contributed by atoms with E-state index in [-0.39, 0.29) is 24.0 Å². The van der Waals surface area contributed by atoms with Gasteiger partial charge in [-0.15, -0.1) is 24.0 Å². The van der Waals surface area contributed by atoms with Crippen LogP contribution in [0.1, 0.15) is 11.1 Å². The highest BCUT2D eigenvalue weighted by molar-refractivity contribution is 14.0. The Morgan fingerprint density at radius 2 is 1.10 bits per heavy atom. The zero-order chi connectivity index (χ0) is 12.9. The molecular formula is C19H17I. The van der Waals surface area contributed by atoms with E-state index >= 15 is 0 Å². The lowest BCUT2D eigenvalue weighted by atomic mass is 9.95. The Labute approximate surface area is 137 Å². The number of hydrogen-bond acceptors (Lipinski definition) is 0. The van der Waals surface area contributed by atoms with Gasteiger partial charge in [-0.2, -0.15) is 0 Å². The second-order valence-corrected chi connectivity index (χ2v) is 4.69. The van der Waals surface area contributed by atoms with Crippen molar-refractivity contribution in [3.05, 3.63) is 96.1 Å². The number of hydrogen-bond donors (Lipinski definition) is 0. The zero-order valence-electron chi connectivity index (χ0n) is 11.2. The molecule has 3 aromatic carbocycles. The van der Waals surface area contributed by atoms with Crippen molar-refractivity contribution in [2.45, 2.75) is 6.42 Å². The average molecular weight is 372 g/mol. The van der Waals surface area contributed by atoms with E-state index in [2.05, 4.69) is 84.9 Å². The highest BCUT2D eigenvalue weighted by atomic mass is 127. The highest BCUT2D eigenvalue weighted by Crippen LogP contribution is 2.25. The lowest BCUT2D eigenvalue weighted by Crippen LogP contribution is -1.91. The molecule has 0 heterocycles. The second-order valence-electron chi connectivity index (χ2n) is 4.69. The van der Waals surface area contributed by atoms with Crippen LogP contribution in [0, 0.1) is 0 Å². The van der Waals surface area contributed by atoms with Crippen LogP contribution in [0.5, 0.6) is 0 Å². The Kier molecular flexibility index (Phi) is 5.36. The summed E-state index contributed by atoms with van der Waals surface area (Å²) < 4.78 is 0. The van der Waals surface area contributed by atoms with Crippen molar-refractivity contribution in [1.29, 1.82) is 0 Å². The SMILES string of the molecule is I.c1ccc(Cc2ccccc2-c2ccccc2)cc1. The Balaban J connectivity index is 0.00000147. The molecule has 3 aromatic rings. The number of benzene rings is 3. The van der Waals surface area contributed by atoms with E-state index in [4.69, 9.17) is 0 Å². The highest BCUT2D eigenvalue weighted by Gasteiger charge is 2.04. The third-order valence-electron chi connectivity index (χ3n) is 3.34. The van der Waals surface area contributed by atoms with Crippen molar-refractivity contribution in [2.24, 2.45) is 0 Å². The molecule has 0 N–H and O–H groups in total. The molecule has 20 heavy (non-hydrogen) atoms. The molecule has 0 saturated heterocycles. The Bertz CT molecular complexity index is 645. The average Bonchev–Trinajstić information content (AvgIpc) is 2.50. The molecule has 0 aromatic heterocycles. The number of rotatable bonds is 3. The summed E-state index contributed by atoms with van der Waals surface area (Å²) in [6.45, 7) is 0. The smallest absolute Gasteiger partial charge is 0.00196 e. The first kappa shape index (κ1) is 14.8. The van der Waals surface area contributed by atoms with E-state index in [1.807, 2.05) is 0 Å². The summed E-state index contributed by atoms with van der Waals surface area (Å²) in [6.07, 6.45) is 0.978. The van der Waals surface area contributed by atoms with Gasteiger partial charge in [-0.25, -0.2) is 0 Å². The van der Waals surface area contributed by atoms with Gasteiger partial charge in [0.2, 0.25) is 0 Å². The number of halogens is 1. The standard InChI is InChI=1S/C19H16.HI/c1-3-9-16(10-4-1)15-18-13-7-8-14-19(18)17-11-5-2-6-12-17;/h1-14H,15H2;1H. The molecule has 0 radical (unpaired) electrons. The van der Waals surface area contributed by atoms with Gasteiger partial charge in [-0.05, 0) is 28.7 Å². The van der Waals surface area contributed by atoms with Gasteiger partial charge in [-0.1, -0.05) is 84.9 Å². The molecule has 0 aliphatic rings. The quantitative estimate of drug-likeness (QED) is 0.528. The summed E-state index contributed by atoms with van der Waals surface area (Å²) in [5.41, 5.74) is 5.34. The van der Waals surface area contributed by atoms with E-state index in [0.29, 0.717) is 0 Å². The molecule has 100 valence electrons. The van der Waals surface area contributed by atoms with E-state index in [0.717, 1.165) is 6.42 Å². The van der Waals surface area contributed by atoms with Crippen molar-refractivity contribution in [2.75, 3.05) is 0 Å². The summed E-state index contributed by atoms with van der Waals surface area (Å²) in [7, 11) is 0. The van der Waals surface area contributed by atoms with Gasteiger partial charge in [0.05, 0.1) is 0 Å². The van der Waals surface area contributed by atoms with Crippen LogP contribution >= 0.6 is 24.0 Å². The van der Waals surface area contributed by atoms with E-state index in [9.17, 15) is 0 Å². The summed E-state index contributed by atoms with van der Waals surface area (Å²) >= 11 is 0. The normalized spacial score (nSPS) is 9.80. The molecule has 0 saturated carbocycles. The van der Waals surface area contributed by atoms with Crippen LogP contribution in [0.4, 0.5) is 0 Å². The Morgan fingerprint density at radius 3 is 1.80 bits per heavy atom. The molecule has 1 heteroatoms. The van der Waals surface area contributed by atoms with Gasteiger partial charge in [0, 0.05) is 0 Å². The molecule has 0 spiro atoms. The van der Waals surface area contributed by atoms with Gasteiger partial charge in [-0.3, -0.25) is 0 Å². The van der Waals surface area contributed by atoms with E-state index in [1.54, 1.807) is 0 Å². The van der Waals surface area contributed by atoms with Crippen LogP contribution in [-0.4, -0.2) is 0 Å². The van der Waals surface area contributed by atoms with Crippen molar-refractivity contribution in [1.82, 2.24) is 0 Å². The first-order chi connectivity index (χ1) is 9.43. The minimum atomic E-state index is 0. The third-order valence-corrected chi connectivity index (χ3v) is 3.34. The van der Waals surface area contributed by atoms with Crippen LogP contribution in [-0.2, 0) is 6.42 Å². The Hall–Kier alpha value is -1.61. The second kappa shape index (κ2) is 7.25. The van der Waals surface area contributed by atoms with Crippen molar-refractivity contribution >= 4 is 24.0 Å². The fraction of sp³-hybridized carbons (Fsp3) is 0.0526. The van der Waals surface area contributed by atoms with Gasteiger partial charge >= 0.3 is 0 Å².